The van der Waals surface area contributed by atoms with Gasteiger partial charge in [-0.3, -0.25) is 0 Å². The number of pyridine rings is 1. The van der Waals surface area contributed by atoms with E-state index in [1.54, 1.807) is 7.11 Å². The van der Waals surface area contributed by atoms with Crippen molar-refractivity contribution in [2.24, 2.45) is 0 Å². The molecule has 0 bridgehead atoms. The molecule has 0 atom stereocenters. The van der Waals surface area contributed by atoms with E-state index >= 15 is 0 Å². The summed E-state index contributed by atoms with van der Waals surface area (Å²) in [5, 5.41) is 9.00. The van der Waals surface area contributed by atoms with Crippen molar-refractivity contribution in [3.63, 3.8) is 0 Å². The van der Waals surface area contributed by atoms with Crippen LogP contribution in [0.25, 0.3) is 0 Å². The van der Waals surface area contributed by atoms with Crippen LogP contribution >= 0.6 is 11.6 Å². The van der Waals surface area contributed by atoms with Crippen molar-refractivity contribution in [3.05, 3.63) is 52.7 Å². The molecular formula is C14H12ClNO4. The first kappa shape index (κ1) is 14.1. The summed E-state index contributed by atoms with van der Waals surface area (Å²) in [5.74, 6) is -0.266. The van der Waals surface area contributed by atoms with E-state index in [0.717, 1.165) is 11.3 Å². The van der Waals surface area contributed by atoms with Crippen LogP contribution in [0.2, 0.25) is 5.02 Å². The number of halogens is 1. The molecule has 0 saturated carbocycles. The van der Waals surface area contributed by atoms with Gasteiger partial charge in [-0.15, -0.1) is 0 Å². The quantitative estimate of drug-likeness (QED) is 0.917. The van der Waals surface area contributed by atoms with E-state index in [9.17, 15) is 4.79 Å². The zero-order valence-corrected chi connectivity index (χ0v) is 11.4. The number of benzene rings is 1. The Morgan fingerprint density at radius 3 is 2.85 bits per heavy atom. The van der Waals surface area contributed by atoms with Gasteiger partial charge in [0.25, 0.3) is 0 Å². The molecule has 1 aromatic heterocycles. The highest BCUT2D eigenvalue weighted by Crippen LogP contribution is 2.19. The maximum atomic E-state index is 10.9. The molecule has 0 aliphatic carbocycles. The van der Waals surface area contributed by atoms with Gasteiger partial charge in [-0.05, 0) is 23.8 Å². The van der Waals surface area contributed by atoms with Crippen molar-refractivity contribution >= 4 is 17.6 Å². The van der Waals surface area contributed by atoms with Crippen LogP contribution in [0.5, 0.6) is 11.6 Å². The number of aromatic carboxylic acids is 1. The average molecular weight is 294 g/mol. The van der Waals surface area contributed by atoms with Crippen LogP contribution < -0.4 is 9.47 Å². The molecule has 0 unspecified atom stereocenters. The molecule has 104 valence electrons. The van der Waals surface area contributed by atoms with Gasteiger partial charge in [0.15, 0.2) is 5.69 Å². The summed E-state index contributed by atoms with van der Waals surface area (Å²) >= 11 is 5.73. The van der Waals surface area contributed by atoms with Crippen LogP contribution in [0.4, 0.5) is 0 Å². The molecule has 0 aliphatic rings. The fourth-order valence-corrected chi connectivity index (χ4v) is 1.76. The first-order valence-corrected chi connectivity index (χ1v) is 6.13. The number of carboxylic acids is 1. The predicted molar refractivity (Wildman–Crippen MR) is 73.5 cm³/mol. The molecule has 0 radical (unpaired) electrons. The number of carboxylic acid groups (broad SMARTS) is 1. The van der Waals surface area contributed by atoms with E-state index in [-0.39, 0.29) is 23.2 Å². The predicted octanol–water partition coefficient (Wildman–Crippen LogP) is 3.02. The van der Waals surface area contributed by atoms with Gasteiger partial charge in [0, 0.05) is 6.07 Å². The second-order valence-electron chi connectivity index (χ2n) is 3.93. The summed E-state index contributed by atoms with van der Waals surface area (Å²) in [6, 6.07) is 10.3. The first-order chi connectivity index (χ1) is 9.60. The molecule has 6 heteroatoms. The fraction of sp³-hybridized carbons (Fsp3) is 0.143. The Labute approximate surface area is 120 Å². The van der Waals surface area contributed by atoms with Crippen LogP contribution in [0.3, 0.4) is 0 Å². The molecule has 0 aliphatic heterocycles. The summed E-state index contributed by atoms with van der Waals surface area (Å²) in [4.78, 5) is 14.8. The first-order valence-electron chi connectivity index (χ1n) is 5.75. The minimum Gasteiger partial charge on any atom is -0.497 e. The van der Waals surface area contributed by atoms with Crippen molar-refractivity contribution in [3.8, 4) is 11.6 Å². The molecular weight excluding hydrogens is 282 g/mol. The van der Waals surface area contributed by atoms with Gasteiger partial charge in [0.05, 0.1) is 12.1 Å². The summed E-state index contributed by atoms with van der Waals surface area (Å²) in [6.07, 6.45) is 0. The molecule has 20 heavy (non-hydrogen) atoms. The van der Waals surface area contributed by atoms with Crippen LogP contribution in [-0.4, -0.2) is 23.2 Å². The van der Waals surface area contributed by atoms with E-state index < -0.39 is 5.97 Å². The van der Waals surface area contributed by atoms with Gasteiger partial charge < -0.3 is 14.6 Å². The maximum absolute atomic E-state index is 10.9. The normalized spacial score (nSPS) is 10.1. The number of ether oxygens (including phenoxy) is 2. The Bertz CT molecular complexity index is 630. The summed E-state index contributed by atoms with van der Waals surface area (Å²) < 4.78 is 10.6. The van der Waals surface area contributed by atoms with E-state index in [1.165, 1.54) is 12.1 Å². The van der Waals surface area contributed by atoms with E-state index in [4.69, 9.17) is 26.2 Å². The number of methoxy groups -OCH3 is 1. The Kier molecular flexibility index (Phi) is 4.42. The number of aromatic nitrogens is 1. The molecule has 0 saturated heterocycles. The monoisotopic (exact) mass is 293 g/mol. The molecule has 1 N–H and O–H groups in total. The zero-order valence-electron chi connectivity index (χ0n) is 10.7. The zero-order chi connectivity index (χ0) is 14.5. The highest BCUT2D eigenvalue weighted by atomic mass is 35.5. The second-order valence-corrected chi connectivity index (χ2v) is 4.33. The summed E-state index contributed by atoms with van der Waals surface area (Å²) in [5.41, 5.74) is 0.660. The molecule has 1 aromatic carbocycles. The van der Waals surface area contributed by atoms with Crippen molar-refractivity contribution in [1.29, 1.82) is 0 Å². The van der Waals surface area contributed by atoms with Crippen molar-refractivity contribution < 1.29 is 19.4 Å². The maximum Gasteiger partial charge on any atom is 0.356 e. The molecule has 2 rings (SSSR count). The summed E-state index contributed by atoms with van der Waals surface area (Å²) in [6.45, 7) is 0.255. The third-order valence-corrected chi connectivity index (χ3v) is 2.85. The lowest BCUT2D eigenvalue weighted by Crippen LogP contribution is -2.04. The lowest BCUT2D eigenvalue weighted by Gasteiger charge is -2.08. The van der Waals surface area contributed by atoms with Gasteiger partial charge in [-0.1, -0.05) is 23.7 Å². The number of rotatable bonds is 5. The largest absolute Gasteiger partial charge is 0.497 e. The second kappa shape index (κ2) is 6.25. The molecule has 0 spiro atoms. The van der Waals surface area contributed by atoms with Crippen LogP contribution in [0, 0.1) is 0 Å². The fourth-order valence-electron chi connectivity index (χ4n) is 1.57. The van der Waals surface area contributed by atoms with Gasteiger partial charge in [-0.2, -0.15) is 0 Å². The average Bonchev–Trinajstić information content (AvgIpc) is 2.46. The number of hydrogen-bond donors (Lipinski definition) is 1. The molecule has 5 nitrogen and oxygen atoms in total. The number of hydrogen-bond acceptors (Lipinski definition) is 4. The highest BCUT2D eigenvalue weighted by molar-refractivity contribution is 6.33. The SMILES string of the molecule is COc1cccc(COc2ccc(Cl)c(C(=O)O)n2)c1. The molecule has 0 amide bonds. The minimum absolute atomic E-state index is 0.0752. The molecule has 2 aromatic rings. The van der Waals surface area contributed by atoms with Crippen molar-refractivity contribution in [1.82, 2.24) is 4.98 Å². The van der Waals surface area contributed by atoms with Crippen LogP contribution in [-0.2, 0) is 6.61 Å². The van der Waals surface area contributed by atoms with E-state index in [1.807, 2.05) is 24.3 Å². The Morgan fingerprint density at radius 1 is 1.35 bits per heavy atom. The Hall–Kier alpha value is -2.27. The van der Waals surface area contributed by atoms with E-state index in [0.29, 0.717) is 0 Å². The van der Waals surface area contributed by atoms with Gasteiger partial charge >= 0.3 is 5.97 Å². The third-order valence-electron chi connectivity index (χ3n) is 2.54. The highest BCUT2D eigenvalue weighted by Gasteiger charge is 2.12. The summed E-state index contributed by atoms with van der Waals surface area (Å²) in [7, 11) is 1.58. The Balaban J connectivity index is 2.10. The topological polar surface area (TPSA) is 68.7 Å². The van der Waals surface area contributed by atoms with Gasteiger partial charge in [-0.25, -0.2) is 9.78 Å². The van der Waals surface area contributed by atoms with Crippen LogP contribution in [0.15, 0.2) is 36.4 Å². The van der Waals surface area contributed by atoms with Crippen molar-refractivity contribution in [2.45, 2.75) is 6.61 Å². The molecule has 1 heterocycles. The number of carbonyl (C=O) groups is 1. The number of nitrogens with zero attached hydrogens (tertiary/aromatic N) is 1. The minimum atomic E-state index is -1.19. The standard InChI is InChI=1S/C14H12ClNO4/c1-19-10-4-2-3-9(7-10)8-20-12-6-5-11(15)13(16-12)14(17)18/h2-7H,8H2,1H3,(H,17,18). The molecule has 0 fully saturated rings. The lowest BCUT2D eigenvalue weighted by molar-refractivity contribution is 0.0689. The third kappa shape index (κ3) is 3.39. The van der Waals surface area contributed by atoms with Crippen molar-refractivity contribution in [2.75, 3.05) is 7.11 Å². The van der Waals surface area contributed by atoms with Crippen LogP contribution in [0.1, 0.15) is 16.1 Å². The Morgan fingerprint density at radius 2 is 2.15 bits per heavy atom. The lowest BCUT2D eigenvalue weighted by atomic mass is 10.2. The van der Waals surface area contributed by atoms with E-state index in [2.05, 4.69) is 4.98 Å². The van der Waals surface area contributed by atoms with Gasteiger partial charge in [0.1, 0.15) is 12.4 Å². The smallest absolute Gasteiger partial charge is 0.356 e. The van der Waals surface area contributed by atoms with Gasteiger partial charge in [0.2, 0.25) is 5.88 Å².